The summed E-state index contributed by atoms with van der Waals surface area (Å²) in [5.41, 5.74) is 1.46. The van der Waals surface area contributed by atoms with Crippen molar-refractivity contribution >= 4 is 17.7 Å². The van der Waals surface area contributed by atoms with Gasteiger partial charge in [0.15, 0.2) is 0 Å². The Hall–Kier alpha value is -3.46. The minimum Gasteiger partial charge on any atom is -0.497 e. The van der Waals surface area contributed by atoms with Gasteiger partial charge >= 0.3 is 0 Å². The topological polar surface area (TPSA) is 91.0 Å². The molecule has 1 heterocycles. The number of rotatable bonds is 10. The highest BCUT2D eigenvalue weighted by molar-refractivity contribution is 5.97. The van der Waals surface area contributed by atoms with Crippen LogP contribution in [0.4, 0.5) is 4.39 Å². The van der Waals surface area contributed by atoms with E-state index < -0.39 is 17.8 Å². The fourth-order valence-corrected chi connectivity index (χ4v) is 4.67. The number of hydrogen-bond donors (Lipinski definition) is 2. The van der Waals surface area contributed by atoms with Crippen LogP contribution >= 0.6 is 0 Å². The van der Waals surface area contributed by atoms with Crippen molar-refractivity contribution in [3.63, 3.8) is 0 Å². The summed E-state index contributed by atoms with van der Waals surface area (Å²) in [6.07, 6.45) is 1.97. The second-order valence-electron chi connectivity index (χ2n) is 9.84. The van der Waals surface area contributed by atoms with Crippen LogP contribution in [0.1, 0.15) is 47.5 Å². The molecule has 1 saturated heterocycles. The molecule has 1 saturated carbocycles. The number of hydrogen-bond acceptors (Lipinski definition) is 5. The van der Waals surface area contributed by atoms with Gasteiger partial charge in [-0.15, -0.1) is 0 Å². The third kappa shape index (κ3) is 7.29. The standard InChI is InChI=1S/C28H35FN4O4/c1-32-14-16-33(17-15-32)28(36)24(31-27(35)20-6-10-21(29)11-7-20)4-3-5-26(34)30-25-18-23(25)19-8-12-22(37-2)13-9-19/h6-13,23-25H,3-5,14-18H2,1-2H3,(H,30,34)(H,31,35)/t23-,24-,25+/m0/s1. The average molecular weight is 511 g/mol. The predicted octanol–water partition coefficient (Wildman–Crippen LogP) is 2.55. The molecular weight excluding hydrogens is 475 g/mol. The van der Waals surface area contributed by atoms with E-state index in [0.29, 0.717) is 31.8 Å². The van der Waals surface area contributed by atoms with Crippen molar-refractivity contribution in [2.75, 3.05) is 40.3 Å². The van der Waals surface area contributed by atoms with Crippen LogP contribution in [0.25, 0.3) is 0 Å². The van der Waals surface area contributed by atoms with Crippen molar-refractivity contribution in [1.29, 1.82) is 0 Å². The van der Waals surface area contributed by atoms with Gasteiger partial charge in [-0.1, -0.05) is 12.1 Å². The fraction of sp³-hybridized carbons (Fsp3) is 0.464. The molecule has 3 atom stereocenters. The lowest BCUT2D eigenvalue weighted by Gasteiger charge is -2.34. The molecule has 37 heavy (non-hydrogen) atoms. The number of nitrogens with zero attached hydrogens (tertiary/aromatic N) is 2. The first kappa shape index (κ1) is 26.6. The molecule has 1 aliphatic heterocycles. The summed E-state index contributed by atoms with van der Waals surface area (Å²) in [7, 11) is 3.64. The van der Waals surface area contributed by atoms with E-state index in [-0.39, 0.29) is 29.8 Å². The largest absolute Gasteiger partial charge is 0.497 e. The van der Waals surface area contributed by atoms with Gasteiger partial charge in [-0.25, -0.2) is 4.39 Å². The number of benzene rings is 2. The molecule has 1 aliphatic carbocycles. The SMILES string of the molecule is COc1ccc([C@@H]2C[C@H]2NC(=O)CCC[C@H](NC(=O)c2ccc(F)cc2)C(=O)N2CCN(C)CC2)cc1. The maximum absolute atomic E-state index is 13.3. The molecule has 0 radical (unpaired) electrons. The third-order valence-electron chi connectivity index (χ3n) is 7.10. The molecule has 198 valence electrons. The van der Waals surface area contributed by atoms with Crippen LogP contribution in [0.3, 0.4) is 0 Å². The van der Waals surface area contributed by atoms with E-state index in [1.54, 1.807) is 12.0 Å². The molecule has 0 spiro atoms. The minimum absolute atomic E-state index is 0.0586. The van der Waals surface area contributed by atoms with Crippen molar-refractivity contribution in [3.05, 3.63) is 65.5 Å². The van der Waals surface area contributed by atoms with Gasteiger partial charge in [0, 0.05) is 50.1 Å². The van der Waals surface area contributed by atoms with E-state index in [1.165, 1.54) is 29.8 Å². The first-order valence-electron chi connectivity index (χ1n) is 12.8. The molecule has 2 aromatic carbocycles. The van der Waals surface area contributed by atoms with Crippen molar-refractivity contribution in [2.24, 2.45) is 0 Å². The Morgan fingerprint density at radius 2 is 1.70 bits per heavy atom. The Morgan fingerprint density at radius 3 is 2.35 bits per heavy atom. The summed E-state index contributed by atoms with van der Waals surface area (Å²) in [6, 6.07) is 12.5. The molecule has 4 rings (SSSR count). The van der Waals surface area contributed by atoms with E-state index >= 15 is 0 Å². The molecule has 0 aromatic heterocycles. The van der Waals surface area contributed by atoms with Gasteiger partial charge in [-0.05, 0) is 68.3 Å². The molecule has 9 heteroatoms. The quantitative estimate of drug-likeness (QED) is 0.513. The average Bonchev–Trinajstić information content (AvgIpc) is 3.67. The van der Waals surface area contributed by atoms with Crippen LogP contribution in [-0.4, -0.2) is 79.9 Å². The summed E-state index contributed by atoms with van der Waals surface area (Å²) in [6.45, 7) is 2.72. The Balaban J connectivity index is 1.29. The van der Waals surface area contributed by atoms with E-state index in [2.05, 4.69) is 15.5 Å². The minimum atomic E-state index is -0.748. The maximum Gasteiger partial charge on any atom is 0.251 e. The highest BCUT2D eigenvalue weighted by atomic mass is 19.1. The van der Waals surface area contributed by atoms with E-state index in [4.69, 9.17) is 4.74 Å². The van der Waals surface area contributed by atoms with Gasteiger partial charge in [-0.3, -0.25) is 14.4 Å². The van der Waals surface area contributed by atoms with Gasteiger partial charge in [0.05, 0.1) is 7.11 Å². The Kier molecular flexibility index (Phi) is 8.76. The van der Waals surface area contributed by atoms with Crippen molar-refractivity contribution in [2.45, 2.75) is 43.7 Å². The number of amides is 3. The fourth-order valence-electron chi connectivity index (χ4n) is 4.67. The Morgan fingerprint density at radius 1 is 1.03 bits per heavy atom. The lowest BCUT2D eigenvalue weighted by molar-refractivity contribution is -0.135. The van der Waals surface area contributed by atoms with Crippen LogP contribution in [0.15, 0.2) is 48.5 Å². The smallest absolute Gasteiger partial charge is 0.251 e. The second kappa shape index (κ2) is 12.2. The number of carbonyl (C=O) groups excluding carboxylic acids is 3. The van der Waals surface area contributed by atoms with Crippen LogP contribution in [0.5, 0.6) is 5.75 Å². The number of nitrogens with one attached hydrogen (secondary N) is 2. The number of halogens is 1. The molecule has 2 N–H and O–H groups in total. The van der Waals surface area contributed by atoms with Crippen LogP contribution < -0.4 is 15.4 Å². The van der Waals surface area contributed by atoms with E-state index in [9.17, 15) is 18.8 Å². The van der Waals surface area contributed by atoms with Crippen LogP contribution in [-0.2, 0) is 9.59 Å². The number of piperazine rings is 1. The van der Waals surface area contributed by atoms with Gasteiger partial charge in [0.25, 0.3) is 5.91 Å². The molecule has 3 amide bonds. The molecular formula is C28H35FN4O4. The summed E-state index contributed by atoms with van der Waals surface area (Å²) < 4.78 is 18.5. The van der Waals surface area contributed by atoms with Crippen molar-refractivity contribution < 1.29 is 23.5 Å². The van der Waals surface area contributed by atoms with Gasteiger partial charge in [-0.2, -0.15) is 0 Å². The lowest BCUT2D eigenvalue weighted by Crippen LogP contribution is -2.54. The predicted molar refractivity (Wildman–Crippen MR) is 138 cm³/mol. The van der Waals surface area contributed by atoms with Gasteiger partial charge < -0.3 is 25.2 Å². The Bertz CT molecular complexity index is 1080. The van der Waals surface area contributed by atoms with Crippen LogP contribution in [0, 0.1) is 5.82 Å². The van der Waals surface area contributed by atoms with Gasteiger partial charge in [0.2, 0.25) is 11.8 Å². The summed E-state index contributed by atoms with van der Waals surface area (Å²) in [4.78, 5) is 42.5. The molecule has 8 nitrogen and oxygen atoms in total. The van der Waals surface area contributed by atoms with Crippen LogP contribution in [0.2, 0.25) is 0 Å². The Labute approximate surface area is 217 Å². The van der Waals surface area contributed by atoms with Crippen molar-refractivity contribution in [3.8, 4) is 5.75 Å². The molecule has 0 unspecified atom stereocenters. The molecule has 2 aliphatic rings. The van der Waals surface area contributed by atoms with E-state index in [1.807, 2.05) is 31.3 Å². The van der Waals surface area contributed by atoms with E-state index in [0.717, 1.165) is 25.3 Å². The van der Waals surface area contributed by atoms with Gasteiger partial charge in [0.1, 0.15) is 17.6 Å². The second-order valence-corrected chi connectivity index (χ2v) is 9.84. The number of ether oxygens (including phenoxy) is 1. The first-order valence-corrected chi connectivity index (χ1v) is 12.8. The monoisotopic (exact) mass is 510 g/mol. The number of carbonyl (C=O) groups is 3. The highest BCUT2D eigenvalue weighted by Crippen LogP contribution is 2.41. The number of likely N-dealkylation sites (N-methyl/N-ethyl adjacent to an activating group) is 1. The number of methoxy groups -OCH3 is 1. The zero-order chi connectivity index (χ0) is 26.4. The summed E-state index contributed by atoms with van der Waals surface area (Å²) in [5, 5.41) is 5.90. The summed E-state index contributed by atoms with van der Waals surface area (Å²) >= 11 is 0. The first-order chi connectivity index (χ1) is 17.8. The van der Waals surface area contributed by atoms with Crippen molar-refractivity contribution in [1.82, 2.24) is 20.4 Å². The molecule has 0 bridgehead atoms. The normalized spacial score (nSPS) is 20.1. The third-order valence-corrected chi connectivity index (χ3v) is 7.10. The molecule has 2 aromatic rings. The molecule has 2 fully saturated rings. The lowest BCUT2D eigenvalue weighted by atomic mass is 10.1. The highest BCUT2D eigenvalue weighted by Gasteiger charge is 2.39. The zero-order valence-corrected chi connectivity index (χ0v) is 21.4. The summed E-state index contributed by atoms with van der Waals surface area (Å²) in [5.74, 6) is 0.0331. The zero-order valence-electron chi connectivity index (χ0n) is 21.4. The maximum atomic E-state index is 13.3.